The number of halogens is 1. The molecule has 1 fully saturated rings. The van der Waals surface area contributed by atoms with Crippen LogP contribution in [0.25, 0.3) is 0 Å². The van der Waals surface area contributed by atoms with Gasteiger partial charge in [0.05, 0.1) is 23.4 Å². The molecule has 7 heteroatoms. The highest BCUT2D eigenvalue weighted by atomic mass is 79.9. The molecule has 0 radical (unpaired) electrons. The second-order valence-electron chi connectivity index (χ2n) is 4.78. The zero-order valence-corrected chi connectivity index (χ0v) is 13.7. The van der Waals surface area contributed by atoms with Crippen LogP contribution in [-0.4, -0.2) is 55.3 Å². The molecule has 0 bridgehead atoms. The van der Waals surface area contributed by atoms with Gasteiger partial charge in [0.1, 0.15) is 11.9 Å². The predicted octanol–water partition coefficient (Wildman–Crippen LogP) is 1.82. The first-order valence-corrected chi connectivity index (χ1v) is 7.54. The van der Waals surface area contributed by atoms with Crippen molar-refractivity contribution in [1.82, 2.24) is 14.9 Å². The standard InChI is InChI=1S/C13H21BrN4O2/c1-4-15-13-11(14)9(8-19-3)16-12(17-13)10-7-18(2)5-6-20-10/h10H,4-8H2,1-3H3,(H,15,16,17). The molecule has 20 heavy (non-hydrogen) atoms. The molecule has 1 N–H and O–H groups in total. The van der Waals surface area contributed by atoms with E-state index in [1.165, 1.54) is 0 Å². The lowest BCUT2D eigenvalue weighted by molar-refractivity contribution is -0.0256. The van der Waals surface area contributed by atoms with Gasteiger partial charge in [0.2, 0.25) is 0 Å². The summed E-state index contributed by atoms with van der Waals surface area (Å²) in [5.41, 5.74) is 0.838. The number of rotatable bonds is 5. The largest absolute Gasteiger partial charge is 0.378 e. The third-order valence-corrected chi connectivity index (χ3v) is 3.95. The zero-order valence-electron chi connectivity index (χ0n) is 12.1. The number of hydrogen-bond donors (Lipinski definition) is 1. The normalized spacial score (nSPS) is 20.1. The summed E-state index contributed by atoms with van der Waals surface area (Å²) >= 11 is 3.53. The summed E-state index contributed by atoms with van der Waals surface area (Å²) in [6.45, 7) is 5.73. The Morgan fingerprint density at radius 3 is 2.95 bits per heavy atom. The molecule has 0 spiro atoms. The molecule has 112 valence electrons. The summed E-state index contributed by atoms with van der Waals surface area (Å²) < 4.78 is 11.9. The number of methoxy groups -OCH3 is 1. The Bertz CT molecular complexity index is 431. The van der Waals surface area contributed by atoms with Gasteiger partial charge in [-0.3, -0.25) is 0 Å². The molecule has 1 aliphatic rings. The summed E-state index contributed by atoms with van der Waals surface area (Å²) in [6, 6.07) is 0. The maximum atomic E-state index is 5.79. The summed E-state index contributed by atoms with van der Waals surface area (Å²) in [4.78, 5) is 11.4. The first kappa shape index (κ1) is 15.6. The van der Waals surface area contributed by atoms with E-state index in [1.807, 2.05) is 6.92 Å². The van der Waals surface area contributed by atoms with Crippen molar-refractivity contribution < 1.29 is 9.47 Å². The van der Waals surface area contributed by atoms with Crippen molar-refractivity contribution in [3.8, 4) is 0 Å². The molecule has 0 aliphatic carbocycles. The van der Waals surface area contributed by atoms with Crippen LogP contribution in [-0.2, 0) is 16.1 Å². The van der Waals surface area contributed by atoms with Crippen molar-refractivity contribution in [3.05, 3.63) is 16.0 Å². The van der Waals surface area contributed by atoms with Crippen LogP contribution in [0.15, 0.2) is 4.47 Å². The minimum atomic E-state index is -0.0881. The SMILES string of the molecule is CCNc1nc(C2CN(C)CCO2)nc(COC)c1Br. The van der Waals surface area contributed by atoms with Crippen LogP contribution in [0.3, 0.4) is 0 Å². The number of morpholine rings is 1. The monoisotopic (exact) mass is 344 g/mol. The number of nitrogens with one attached hydrogen (secondary N) is 1. The Hall–Kier alpha value is -0.760. The van der Waals surface area contributed by atoms with E-state index in [9.17, 15) is 0 Å². The van der Waals surface area contributed by atoms with E-state index in [-0.39, 0.29) is 6.10 Å². The van der Waals surface area contributed by atoms with Crippen LogP contribution in [0.1, 0.15) is 24.5 Å². The van der Waals surface area contributed by atoms with Crippen molar-refractivity contribution in [3.63, 3.8) is 0 Å². The highest BCUT2D eigenvalue weighted by molar-refractivity contribution is 9.10. The van der Waals surface area contributed by atoms with Gasteiger partial charge >= 0.3 is 0 Å². The first-order chi connectivity index (χ1) is 9.65. The van der Waals surface area contributed by atoms with Crippen LogP contribution in [0.5, 0.6) is 0 Å². The van der Waals surface area contributed by atoms with Crippen molar-refractivity contribution >= 4 is 21.7 Å². The molecule has 2 heterocycles. The van der Waals surface area contributed by atoms with E-state index in [0.717, 1.165) is 35.6 Å². The Balaban J connectivity index is 2.31. The summed E-state index contributed by atoms with van der Waals surface area (Å²) in [7, 11) is 3.74. The second kappa shape index (κ2) is 7.31. The summed E-state index contributed by atoms with van der Waals surface area (Å²) in [5.74, 6) is 1.50. The van der Waals surface area contributed by atoms with E-state index >= 15 is 0 Å². The molecule has 2 rings (SSSR count). The summed E-state index contributed by atoms with van der Waals surface area (Å²) in [5, 5.41) is 3.24. The Morgan fingerprint density at radius 2 is 2.30 bits per heavy atom. The molecule has 1 saturated heterocycles. The molecule has 0 aromatic carbocycles. The highest BCUT2D eigenvalue weighted by Gasteiger charge is 2.24. The van der Waals surface area contributed by atoms with Crippen molar-refractivity contribution in [2.24, 2.45) is 0 Å². The molecule has 1 atom stereocenters. The van der Waals surface area contributed by atoms with Gasteiger partial charge in [-0.1, -0.05) is 0 Å². The van der Waals surface area contributed by atoms with E-state index in [0.29, 0.717) is 19.0 Å². The smallest absolute Gasteiger partial charge is 0.161 e. The average Bonchev–Trinajstić information content (AvgIpc) is 2.43. The van der Waals surface area contributed by atoms with Gasteiger partial charge < -0.3 is 19.7 Å². The van der Waals surface area contributed by atoms with E-state index in [4.69, 9.17) is 9.47 Å². The van der Waals surface area contributed by atoms with Crippen molar-refractivity contribution in [2.75, 3.05) is 45.7 Å². The number of nitrogens with zero attached hydrogens (tertiary/aromatic N) is 3. The molecular formula is C13H21BrN4O2. The van der Waals surface area contributed by atoms with E-state index < -0.39 is 0 Å². The average molecular weight is 345 g/mol. The maximum Gasteiger partial charge on any atom is 0.161 e. The maximum absolute atomic E-state index is 5.79. The molecule has 1 unspecified atom stereocenters. The highest BCUT2D eigenvalue weighted by Crippen LogP contribution is 2.28. The minimum Gasteiger partial charge on any atom is -0.378 e. The fourth-order valence-electron chi connectivity index (χ4n) is 2.11. The van der Waals surface area contributed by atoms with Crippen LogP contribution in [0, 0.1) is 0 Å². The second-order valence-corrected chi connectivity index (χ2v) is 5.57. The topological polar surface area (TPSA) is 59.5 Å². The van der Waals surface area contributed by atoms with Gasteiger partial charge in [-0.15, -0.1) is 0 Å². The third-order valence-electron chi connectivity index (χ3n) is 3.12. The fourth-order valence-corrected chi connectivity index (χ4v) is 2.54. The number of hydrogen-bond acceptors (Lipinski definition) is 6. The number of likely N-dealkylation sites (N-methyl/N-ethyl adjacent to an activating group) is 1. The lowest BCUT2D eigenvalue weighted by atomic mass is 10.2. The molecule has 1 aromatic heterocycles. The Morgan fingerprint density at radius 1 is 1.50 bits per heavy atom. The lowest BCUT2D eigenvalue weighted by Crippen LogP contribution is -2.36. The van der Waals surface area contributed by atoms with Gasteiger partial charge in [0.25, 0.3) is 0 Å². The van der Waals surface area contributed by atoms with Gasteiger partial charge in [0, 0.05) is 26.7 Å². The number of ether oxygens (including phenoxy) is 2. The van der Waals surface area contributed by atoms with Crippen molar-refractivity contribution in [1.29, 1.82) is 0 Å². The van der Waals surface area contributed by atoms with Crippen LogP contribution in [0.4, 0.5) is 5.82 Å². The number of aromatic nitrogens is 2. The zero-order chi connectivity index (χ0) is 14.5. The van der Waals surface area contributed by atoms with Gasteiger partial charge in [-0.2, -0.15) is 0 Å². The quantitative estimate of drug-likeness (QED) is 0.879. The molecule has 6 nitrogen and oxygen atoms in total. The summed E-state index contributed by atoms with van der Waals surface area (Å²) in [6.07, 6.45) is -0.0881. The molecule has 0 amide bonds. The van der Waals surface area contributed by atoms with Crippen LogP contribution < -0.4 is 5.32 Å². The molecule has 1 aromatic rings. The minimum absolute atomic E-state index is 0.0881. The van der Waals surface area contributed by atoms with Crippen molar-refractivity contribution in [2.45, 2.75) is 19.6 Å². The predicted molar refractivity (Wildman–Crippen MR) is 80.8 cm³/mol. The van der Waals surface area contributed by atoms with Crippen LogP contribution in [0.2, 0.25) is 0 Å². The van der Waals surface area contributed by atoms with Gasteiger partial charge in [-0.25, -0.2) is 9.97 Å². The Labute approximate surface area is 128 Å². The Kier molecular flexibility index (Phi) is 5.71. The van der Waals surface area contributed by atoms with E-state index in [2.05, 4.69) is 43.2 Å². The number of anilines is 1. The molecule has 1 aliphatic heterocycles. The molecular weight excluding hydrogens is 324 g/mol. The first-order valence-electron chi connectivity index (χ1n) is 6.75. The molecule has 0 saturated carbocycles. The van der Waals surface area contributed by atoms with E-state index in [1.54, 1.807) is 7.11 Å². The third kappa shape index (κ3) is 3.66. The van der Waals surface area contributed by atoms with Crippen LogP contribution >= 0.6 is 15.9 Å². The van der Waals surface area contributed by atoms with Gasteiger partial charge in [0.15, 0.2) is 5.82 Å². The lowest BCUT2D eigenvalue weighted by Gasteiger charge is -2.29. The van der Waals surface area contributed by atoms with Gasteiger partial charge in [-0.05, 0) is 29.9 Å². The fraction of sp³-hybridized carbons (Fsp3) is 0.692.